The maximum Gasteiger partial charge on any atom is 0.241 e. The van der Waals surface area contributed by atoms with Gasteiger partial charge in [0, 0.05) is 13.1 Å². The van der Waals surface area contributed by atoms with Crippen molar-refractivity contribution in [2.45, 2.75) is 33.3 Å². The Morgan fingerprint density at radius 1 is 1.24 bits per heavy atom. The van der Waals surface area contributed by atoms with E-state index in [4.69, 9.17) is 4.74 Å². The minimum Gasteiger partial charge on any atom is -0.486 e. The fourth-order valence-corrected chi connectivity index (χ4v) is 1.85. The number of carbonyl (C=O) groups is 1. The van der Waals surface area contributed by atoms with Gasteiger partial charge in [-0.25, -0.2) is 9.38 Å². The Morgan fingerprint density at radius 2 is 1.96 bits per heavy atom. The van der Waals surface area contributed by atoms with Crippen LogP contribution in [0.15, 0.2) is 29.3 Å². The number of ether oxygens (including phenoxy) is 1. The molecular weight excluding hydrogens is 438 g/mol. The number of nitrogens with zero attached hydrogens (tertiary/aromatic N) is 1. The summed E-state index contributed by atoms with van der Waals surface area (Å²) >= 11 is 0. The van der Waals surface area contributed by atoms with Gasteiger partial charge in [0.15, 0.2) is 17.5 Å². The topological polar surface area (TPSA) is 74.8 Å². The number of aliphatic imine (C=N–C) groups is 1. The highest BCUT2D eigenvalue weighted by Crippen LogP contribution is 2.16. The van der Waals surface area contributed by atoms with E-state index in [1.165, 1.54) is 6.07 Å². The van der Waals surface area contributed by atoms with E-state index >= 15 is 0 Å². The predicted octanol–water partition coefficient (Wildman–Crippen LogP) is 2.29. The minimum absolute atomic E-state index is 0. The van der Waals surface area contributed by atoms with Gasteiger partial charge in [0.2, 0.25) is 5.91 Å². The quantitative estimate of drug-likeness (QED) is 0.297. The summed E-state index contributed by atoms with van der Waals surface area (Å²) in [7, 11) is 0. The molecule has 1 atom stereocenters. The average molecular weight is 466 g/mol. The minimum atomic E-state index is -0.391. The van der Waals surface area contributed by atoms with Gasteiger partial charge in [0.05, 0.1) is 6.54 Å². The van der Waals surface area contributed by atoms with Crippen molar-refractivity contribution in [3.05, 3.63) is 30.1 Å². The highest BCUT2D eigenvalue weighted by Gasteiger charge is 2.09. The second kappa shape index (κ2) is 13.7. The zero-order chi connectivity index (χ0) is 17.8. The molecule has 0 aliphatic carbocycles. The summed E-state index contributed by atoms with van der Waals surface area (Å²) < 4.78 is 19.1. The molecule has 0 bridgehead atoms. The highest BCUT2D eigenvalue weighted by atomic mass is 127. The summed E-state index contributed by atoms with van der Waals surface area (Å²) in [4.78, 5) is 15.8. The lowest BCUT2D eigenvalue weighted by atomic mass is 10.3. The molecule has 25 heavy (non-hydrogen) atoms. The first kappa shape index (κ1) is 23.4. The smallest absolute Gasteiger partial charge is 0.241 e. The van der Waals surface area contributed by atoms with Gasteiger partial charge in [0.25, 0.3) is 0 Å². The van der Waals surface area contributed by atoms with Gasteiger partial charge in [-0.2, -0.15) is 0 Å². The lowest BCUT2D eigenvalue weighted by Gasteiger charge is -2.18. The molecule has 0 aliphatic heterocycles. The van der Waals surface area contributed by atoms with Crippen LogP contribution in [0.3, 0.4) is 0 Å². The van der Waals surface area contributed by atoms with Crippen molar-refractivity contribution in [3.63, 3.8) is 0 Å². The second-order valence-electron chi connectivity index (χ2n) is 5.28. The average Bonchev–Trinajstić information content (AvgIpc) is 2.57. The molecule has 0 fully saturated rings. The zero-order valence-electron chi connectivity index (χ0n) is 15.0. The van der Waals surface area contributed by atoms with E-state index in [9.17, 15) is 9.18 Å². The summed E-state index contributed by atoms with van der Waals surface area (Å²) in [5.41, 5.74) is 0. The van der Waals surface area contributed by atoms with E-state index in [0.717, 1.165) is 6.42 Å². The number of rotatable bonds is 9. The molecule has 8 heteroatoms. The molecule has 1 unspecified atom stereocenters. The van der Waals surface area contributed by atoms with Gasteiger partial charge in [-0.1, -0.05) is 19.1 Å². The molecule has 0 saturated carbocycles. The molecule has 3 N–H and O–H groups in total. The van der Waals surface area contributed by atoms with Crippen LogP contribution in [0.5, 0.6) is 5.75 Å². The van der Waals surface area contributed by atoms with Crippen LogP contribution < -0.4 is 20.7 Å². The number of carbonyl (C=O) groups excluding carboxylic acids is 1. The van der Waals surface area contributed by atoms with Crippen LogP contribution in [0.25, 0.3) is 0 Å². The normalized spacial score (nSPS) is 11.9. The molecule has 1 aromatic rings. The second-order valence-corrected chi connectivity index (χ2v) is 5.28. The molecule has 0 spiro atoms. The van der Waals surface area contributed by atoms with E-state index in [2.05, 4.69) is 20.9 Å². The summed E-state index contributed by atoms with van der Waals surface area (Å²) in [6, 6.07) is 6.28. The number of nitrogens with one attached hydrogen (secondary N) is 3. The SMILES string of the molecule is CCCNC(=O)CN=C(NCC)NCC(C)Oc1ccccc1F.I. The lowest BCUT2D eigenvalue weighted by molar-refractivity contribution is -0.119. The lowest BCUT2D eigenvalue weighted by Crippen LogP contribution is -2.42. The van der Waals surface area contributed by atoms with Crippen LogP contribution in [-0.2, 0) is 4.79 Å². The summed E-state index contributed by atoms with van der Waals surface area (Å²) in [6.07, 6.45) is 0.623. The van der Waals surface area contributed by atoms with Crippen molar-refractivity contribution in [2.24, 2.45) is 4.99 Å². The molecule has 0 heterocycles. The van der Waals surface area contributed by atoms with Crippen LogP contribution in [-0.4, -0.2) is 44.1 Å². The van der Waals surface area contributed by atoms with Crippen LogP contribution >= 0.6 is 24.0 Å². The zero-order valence-corrected chi connectivity index (χ0v) is 17.3. The molecule has 0 saturated heterocycles. The van der Waals surface area contributed by atoms with Crippen LogP contribution in [0.1, 0.15) is 27.2 Å². The van der Waals surface area contributed by atoms with E-state index in [0.29, 0.717) is 25.6 Å². The molecule has 142 valence electrons. The fourth-order valence-electron chi connectivity index (χ4n) is 1.85. The number of halogens is 2. The van der Waals surface area contributed by atoms with Gasteiger partial charge in [-0.15, -0.1) is 24.0 Å². The Morgan fingerprint density at radius 3 is 2.60 bits per heavy atom. The molecule has 0 radical (unpaired) electrons. The van der Waals surface area contributed by atoms with Crippen molar-refractivity contribution in [1.82, 2.24) is 16.0 Å². The summed E-state index contributed by atoms with van der Waals surface area (Å²) in [6.45, 7) is 7.56. The largest absolute Gasteiger partial charge is 0.486 e. The van der Waals surface area contributed by atoms with Crippen molar-refractivity contribution in [1.29, 1.82) is 0 Å². The maximum atomic E-state index is 13.6. The van der Waals surface area contributed by atoms with Gasteiger partial charge in [-0.3, -0.25) is 4.79 Å². The van der Waals surface area contributed by atoms with Crippen molar-refractivity contribution in [3.8, 4) is 5.75 Å². The molecule has 6 nitrogen and oxygen atoms in total. The van der Waals surface area contributed by atoms with Crippen LogP contribution in [0.2, 0.25) is 0 Å². The molecule has 1 rings (SSSR count). The number of hydrogen-bond donors (Lipinski definition) is 3. The highest BCUT2D eigenvalue weighted by molar-refractivity contribution is 14.0. The number of para-hydroxylation sites is 1. The van der Waals surface area contributed by atoms with Crippen LogP contribution in [0, 0.1) is 5.82 Å². The third-order valence-corrected chi connectivity index (χ3v) is 3.02. The third-order valence-electron chi connectivity index (χ3n) is 3.02. The van der Waals surface area contributed by atoms with Crippen molar-refractivity contribution >= 4 is 35.8 Å². The number of benzene rings is 1. The monoisotopic (exact) mass is 466 g/mol. The number of hydrogen-bond acceptors (Lipinski definition) is 3. The third kappa shape index (κ3) is 10.1. The number of guanidine groups is 1. The van der Waals surface area contributed by atoms with Gasteiger partial charge < -0.3 is 20.7 Å². The van der Waals surface area contributed by atoms with Crippen molar-refractivity contribution < 1.29 is 13.9 Å². The Hall–Kier alpha value is -1.58. The van der Waals surface area contributed by atoms with E-state index < -0.39 is 5.82 Å². The Kier molecular flexibility index (Phi) is 12.8. The van der Waals surface area contributed by atoms with Gasteiger partial charge in [-0.05, 0) is 32.4 Å². The standard InChI is InChI=1S/C17H27FN4O2.HI/c1-4-10-20-16(23)12-22-17(19-5-2)21-11-13(3)24-15-9-7-6-8-14(15)18;/h6-9,13H,4-5,10-12H2,1-3H3,(H,20,23)(H2,19,21,22);1H. The molecular formula is C17H28FIN4O2. The van der Waals surface area contributed by atoms with Gasteiger partial charge >= 0.3 is 0 Å². The summed E-state index contributed by atoms with van der Waals surface area (Å²) in [5.74, 6) is 0.225. The fraction of sp³-hybridized carbons (Fsp3) is 0.529. The molecule has 0 aromatic heterocycles. The first-order chi connectivity index (χ1) is 11.6. The first-order valence-corrected chi connectivity index (χ1v) is 8.26. The van der Waals surface area contributed by atoms with E-state index in [1.807, 2.05) is 20.8 Å². The maximum absolute atomic E-state index is 13.6. The van der Waals surface area contributed by atoms with E-state index in [-0.39, 0.29) is 48.3 Å². The van der Waals surface area contributed by atoms with Crippen LogP contribution in [0.4, 0.5) is 4.39 Å². The Bertz CT molecular complexity index is 543. The number of amides is 1. The van der Waals surface area contributed by atoms with Gasteiger partial charge in [0.1, 0.15) is 12.6 Å². The molecule has 1 aromatic carbocycles. The predicted molar refractivity (Wildman–Crippen MR) is 109 cm³/mol. The summed E-state index contributed by atoms with van der Waals surface area (Å²) in [5, 5.41) is 8.90. The van der Waals surface area contributed by atoms with E-state index in [1.54, 1.807) is 18.2 Å². The molecule has 0 aliphatic rings. The Balaban J connectivity index is 0.00000576. The molecule has 1 amide bonds. The first-order valence-electron chi connectivity index (χ1n) is 8.26. The van der Waals surface area contributed by atoms with Crippen molar-refractivity contribution in [2.75, 3.05) is 26.2 Å². The Labute approximate surface area is 166 Å².